The molecular formula is C15H20BrN3. The first-order valence-corrected chi connectivity index (χ1v) is 7.62. The summed E-state index contributed by atoms with van der Waals surface area (Å²) in [4.78, 5) is 4.77. The van der Waals surface area contributed by atoms with Crippen molar-refractivity contribution in [2.24, 2.45) is 0 Å². The first kappa shape index (κ1) is 14.5. The van der Waals surface area contributed by atoms with E-state index in [9.17, 15) is 0 Å². The number of rotatable bonds is 4. The molecule has 102 valence electrons. The molecule has 1 unspecified atom stereocenters. The Hall–Kier alpha value is -0.890. The third-order valence-electron chi connectivity index (χ3n) is 3.70. The third kappa shape index (κ3) is 4.04. The number of nitriles is 1. The van der Waals surface area contributed by atoms with Crippen LogP contribution < -0.4 is 0 Å². The van der Waals surface area contributed by atoms with Gasteiger partial charge in [0.1, 0.15) is 0 Å². The third-order valence-corrected chi connectivity index (χ3v) is 4.23. The molecule has 0 radical (unpaired) electrons. The highest BCUT2D eigenvalue weighted by molar-refractivity contribution is 9.10. The Bertz CT molecular complexity index is 430. The van der Waals surface area contributed by atoms with Gasteiger partial charge in [-0.3, -0.25) is 9.80 Å². The van der Waals surface area contributed by atoms with Crippen LogP contribution in [0.15, 0.2) is 28.7 Å². The number of benzene rings is 1. The van der Waals surface area contributed by atoms with Gasteiger partial charge in [-0.05, 0) is 24.1 Å². The maximum atomic E-state index is 9.10. The number of halogens is 1. The van der Waals surface area contributed by atoms with Gasteiger partial charge in [-0.15, -0.1) is 0 Å². The quantitative estimate of drug-likeness (QED) is 0.854. The van der Waals surface area contributed by atoms with Gasteiger partial charge in [-0.1, -0.05) is 35.0 Å². The highest BCUT2D eigenvalue weighted by Crippen LogP contribution is 2.14. The molecule has 1 fully saturated rings. The van der Waals surface area contributed by atoms with E-state index in [-0.39, 0.29) is 6.04 Å². The summed E-state index contributed by atoms with van der Waals surface area (Å²) in [5.41, 5.74) is 1.35. The molecule has 0 amide bonds. The highest BCUT2D eigenvalue weighted by atomic mass is 79.9. The Labute approximate surface area is 123 Å². The Morgan fingerprint density at radius 1 is 1.21 bits per heavy atom. The molecule has 1 aliphatic rings. The summed E-state index contributed by atoms with van der Waals surface area (Å²) in [5, 5.41) is 9.10. The van der Waals surface area contributed by atoms with Crippen LogP contribution in [0.2, 0.25) is 0 Å². The van der Waals surface area contributed by atoms with Crippen LogP contribution in [0.3, 0.4) is 0 Å². The Balaban J connectivity index is 1.83. The van der Waals surface area contributed by atoms with Crippen LogP contribution >= 0.6 is 15.9 Å². The van der Waals surface area contributed by atoms with Gasteiger partial charge in [0.15, 0.2) is 0 Å². The Morgan fingerprint density at radius 2 is 1.84 bits per heavy atom. The SMILES string of the molecule is CCC(C#N)N1CCN(Cc2ccc(Br)cc2)CC1. The van der Waals surface area contributed by atoms with E-state index >= 15 is 0 Å². The Kier molecular flexibility index (Phi) is 5.38. The second kappa shape index (κ2) is 7.04. The fourth-order valence-corrected chi connectivity index (χ4v) is 2.78. The molecular weight excluding hydrogens is 302 g/mol. The van der Waals surface area contributed by atoms with Gasteiger partial charge in [-0.25, -0.2) is 0 Å². The molecule has 0 spiro atoms. The van der Waals surface area contributed by atoms with E-state index in [2.05, 4.69) is 63.0 Å². The zero-order valence-corrected chi connectivity index (χ0v) is 12.9. The van der Waals surface area contributed by atoms with Gasteiger partial charge in [0.2, 0.25) is 0 Å². The maximum absolute atomic E-state index is 9.10. The van der Waals surface area contributed by atoms with Crippen molar-refractivity contribution in [2.75, 3.05) is 26.2 Å². The summed E-state index contributed by atoms with van der Waals surface area (Å²) in [5.74, 6) is 0. The van der Waals surface area contributed by atoms with E-state index in [1.165, 1.54) is 5.56 Å². The van der Waals surface area contributed by atoms with Crippen molar-refractivity contribution in [3.05, 3.63) is 34.3 Å². The summed E-state index contributed by atoms with van der Waals surface area (Å²) < 4.78 is 1.13. The van der Waals surface area contributed by atoms with Gasteiger partial charge >= 0.3 is 0 Å². The Morgan fingerprint density at radius 3 is 2.37 bits per heavy atom. The molecule has 4 heteroatoms. The smallest absolute Gasteiger partial charge is 0.0976 e. The van der Waals surface area contributed by atoms with Crippen molar-refractivity contribution in [3.63, 3.8) is 0 Å². The van der Waals surface area contributed by atoms with Crippen molar-refractivity contribution in [2.45, 2.75) is 25.9 Å². The molecule has 1 saturated heterocycles. The molecule has 1 heterocycles. The molecule has 0 N–H and O–H groups in total. The molecule has 2 rings (SSSR count). The topological polar surface area (TPSA) is 30.3 Å². The maximum Gasteiger partial charge on any atom is 0.0976 e. The number of nitrogens with zero attached hydrogens (tertiary/aromatic N) is 3. The second-order valence-corrected chi connectivity index (χ2v) is 5.91. The highest BCUT2D eigenvalue weighted by Gasteiger charge is 2.22. The van der Waals surface area contributed by atoms with Gasteiger partial charge in [0, 0.05) is 37.2 Å². The number of hydrogen-bond acceptors (Lipinski definition) is 3. The van der Waals surface area contributed by atoms with E-state index in [1.807, 2.05) is 0 Å². The minimum Gasteiger partial charge on any atom is -0.297 e. The van der Waals surface area contributed by atoms with E-state index in [1.54, 1.807) is 0 Å². The van der Waals surface area contributed by atoms with Gasteiger partial charge in [-0.2, -0.15) is 5.26 Å². The van der Waals surface area contributed by atoms with Crippen molar-refractivity contribution in [1.29, 1.82) is 5.26 Å². The summed E-state index contributed by atoms with van der Waals surface area (Å²) >= 11 is 3.46. The van der Waals surface area contributed by atoms with Crippen molar-refractivity contribution in [1.82, 2.24) is 9.80 Å². The zero-order valence-electron chi connectivity index (χ0n) is 11.3. The normalized spacial score (nSPS) is 19.0. The molecule has 1 aromatic carbocycles. The molecule has 0 saturated carbocycles. The fraction of sp³-hybridized carbons (Fsp3) is 0.533. The molecule has 0 aromatic heterocycles. The first-order chi connectivity index (χ1) is 9.22. The lowest BCUT2D eigenvalue weighted by molar-refractivity contribution is 0.108. The number of hydrogen-bond donors (Lipinski definition) is 0. The van der Waals surface area contributed by atoms with Gasteiger partial charge < -0.3 is 0 Å². The summed E-state index contributed by atoms with van der Waals surface area (Å²) in [6.45, 7) is 7.19. The van der Waals surface area contributed by atoms with Crippen LogP contribution in [-0.2, 0) is 6.54 Å². The fourth-order valence-electron chi connectivity index (χ4n) is 2.51. The standard InChI is InChI=1S/C15H20BrN3/c1-2-15(11-17)19-9-7-18(8-10-19)12-13-3-5-14(16)6-4-13/h3-6,15H,2,7-10,12H2,1H3. The minimum absolute atomic E-state index is 0.0924. The molecule has 3 nitrogen and oxygen atoms in total. The average molecular weight is 322 g/mol. The molecule has 1 atom stereocenters. The summed E-state index contributed by atoms with van der Waals surface area (Å²) in [6.07, 6.45) is 0.920. The summed E-state index contributed by atoms with van der Waals surface area (Å²) in [6, 6.07) is 11.0. The second-order valence-electron chi connectivity index (χ2n) is 4.99. The lowest BCUT2D eigenvalue weighted by Crippen LogP contribution is -2.49. The first-order valence-electron chi connectivity index (χ1n) is 6.83. The van der Waals surface area contributed by atoms with Crippen LogP contribution in [0.1, 0.15) is 18.9 Å². The minimum atomic E-state index is 0.0924. The van der Waals surface area contributed by atoms with Gasteiger partial charge in [0.25, 0.3) is 0 Å². The lowest BCUT2D eigenvalue weighted by atomic mass is 10.1. The average Bonchev–Trinajstić information content (AvgIpc) is 2.44. The van der Waals surface area contributed by atoms with Crippen molar-refractivity contribution in [3.8, 4) is 6.07 Å². The van der Waals surface area contributed by atoms with Crippen LogP contribution in [-0.4, -0.2) is 42.0 Å². The van der Waals surface area contributed by atoms with Crippen LogP contribution in [0.25, 0.3) is 0 Å². The predicted octanol–water partition coefficient (Wildman–Crippen LogP) is 2.87. The van der Waals surface area contributed by atoms with E-state index in [0.717, 1.165) is 43.6 Å². The number of piperazine rings is 1. The monoisotopic (exact) mass is 321 g/mol. The van der Waals surface area contributed by atoms with Crippen LogP contribution in [0.5, 0.6) is 0 Å². The largest absolute Gasteiger partial charge is 0.297 e. The lowest BCUT2D eigenvalue weighted by Gasteiger charge is -2.36. The molecule has 1 aliphatic heterocycles. The molecule has 0 bridgehead atoms. The van der Waals surface area contributed by atoms with E-state index in [4.69, 9.17) is 5.26 Å². The molecule has 1 aromatic rings. The molecule has 0 aliphatic carbocycles. The van der Waals surface area contributed by atoms with E-state index in [0.29, 0.717) is 0 Å². The molecule has 19 heavy (non-hydrogen) atoms. The van der Waals surface area contributed by atoms with Crippen molar-refractivity contribution >= 4 is 15.9 Å². The van der Waals surface area contributed by atoms with Crippen LogP contribution in [0.4, 0.5) is 0 Å². The predicted molar refractivity (Wildman–Crippen MR) is 80.7 cm³/mol. The van der Waals surface area contributed by atoms with Crippen LogP contribution in [0, 0.1) is 11.3 Å². The zero-order chi connectivity index (χ0) is 13.7. The van der Waals surface area contributed by atoms with E-state index < -0.39 is 0 Å². The summed E-state index contributed by atoms with van der Waals surface area (Å²) in [7, 11) is 0. The van der Waals surface area contributed by atoms with Gasteiger partial charge in [0.05, 0.1) is 12.1 Å². The van der Waals surface area contributed by atoms with Crippen molar-refractivity contribution < 1.29 is 0 Å².